The minimum Gasteiger partial charge on any atom is -0.295 e. The van der Waals surface area contributed by atoms with Gasteiger partial charge in [0.25, 0.3) is 0 Å². The van der Waals surface area contributed by atoms with Crippen LogP contribution >= 0.6 is 11.3 Å². The highest BCUT2D eigenvalue weighted by molar-refractivity contribution is 7.14. The fourth-order valence-electron chi connectivity index (χ4n) is 3.27. The number of thiazole rings is 1. The fraction of sp³-hybridized carbons (Fsp3) is 0.381. The highest BCUT2D eigenvalue weighted by Gasteiger charge is 2.20. The Balaban J connectivity index is 1.74. The van der Waals surface area contributed by atoms with Gasteiger partial charge in [-0.25, -0.2) is 4.98 Å². The maximum atomic E-state index is 12.3. The number of rotatable bonds is 5. The van der Waals surface area contributed by atoms with Gasteiger partial charge in [0.2, 0.25) is 5.91 Å². The molecule has 5 heteroatoms. The van der Waals surface area contributed by atoms with Crippen LogP contribution < -0.4 is 4.90 Å². The van der Waals surface area contributed by atoms with E-state index in [0.29, 0.717) is 10.8 Å². The van der Waals surface area contributed by atoms with Crippen molar-refractivity contribution in [3.05, 3.63) is 47.0 Å². The number of nitrogens with zero attached hydrogens (tertiary/aromatic N) is 2. The van der Waals surface area contributed by atoms with Crippen LogP contribution in [-0.2, 0) is 9.59 Å². The molecule has 1 aromatic heterocycles. The number of aryl methyl sites for hydroxylation is 1. The van der Waals surface area contributed by atoms with E-state index in [0.717, 1.165) is 36.9 Å². The molecular formula is C21H24N2O2S. The summed E-state index contributed by atoms with van der Waals surface area (Å²) in [5.74, 6) is 0.276. The van der Waals surface area contributed by atoms with Gasteiger partial charge in [0, 0.05) is 18.2 Å². The predicted molar refractivity (Wildman–Crippen MR) is 107 cm³/mol. The lowest BCUT2D eigenvalue weighted by Crippen LogP contribution is -2.22. The lowest BCUT2D eigenvalue weighted by atomic mass is 9.86. The van der Waals surface area contributed by atoms with E-state index in [4.69, 9.17) is 0 Å². The van der Waals surface area contributed by atoms with Crippen molar-refractivity contribution in [1.82, 2.24) is 4.98 Å². The second kappa shape index (κ2) is 8.41. The van der Waals surface area contributed by atoms with Crippen molar-refractivity contribution in [2.75, 3.05) is 4.90 Å². The van der Waals surface area contributed by atoms with Crippen LogP contribution in [0, 0.1) is 12.8 Å². The molecule has 1 aromatic carbocycles. The summed E-state index contributed by atoms with van der Waals surface area (Å²) in [5.41, 5.74) is 2.65. The third kappa shape index (κ3) is 4.47. The highest BCUT2D eigenvalue weighted by Crippen LogP contribution is 2.30. The topological polar surface area (TPSA) is 50.3 Å². The molecule has 26 heavy (non-hydrogen) atoms. The molecule has 0 aliphatic heterocycles. The third-order valence-corrected chi connectivity index (χ3v) is 5.58. The number of carbonyl (C=O) groups excluding carboxylic acids is 2. The zero-order valence-electron chi connectivity index (χ0n) is 15.3. The Morgan fingerprint density at radius 2 is 1.85 bits per heavy atom. The van der Waals surface area contributed by atoms with E-state index in [1.165, 1.54) is 24.7 Å². The quantitative estimate of drug-likeness (QED) is 0.673. The first-order valence-corrected chi connectivity index (χ1v) is 9.97. The summed E-state index contributed by atoms with van der Waals surface area (Å²) < 4.78 is 0. The first-order chi connectivity index (χ1) is 12.5. The van der Waals surface area contributed by atoms with Crippen LogP contribution in [0.3, 0.4) is 0 Å². The second-order valence-electron chi connectivity index (χ2n) is 6.82. The molecule has 0 spiro atoms. The van der Waals surface area contributed by atoms with Crippen LogP contribution in [0.25, 0.3) is 6.08 Å². The first kappa shape index (κ1) is 18.5. The standard InChI is InChI=1S/C21H24N2O2S/c1-15-8-11-19(12-9-15)23(16(2)24)21-22-18(14-26-21)10-13-20(25)17-6-4-3-5-7-17/h8-14,17H,3-7H2,1-2H3/b13-10+. The number of carbonyl (C=O) groups is 2. The van der Waals surface area contributed by atoms with E-state index in [-0.39, 0.29) is 17.6 Å². The molecule has 0 atom stereocenters. The van der Waals surface area contributed by atoms with Crippen LogP contribution in [0.15, 0.2) is 35.7 Å². The summed E-state index contributed by atoms with van der Waals surface area (Å²) in [7, 11) is 0. The third-order valence-electron chi connectivity index (χ3n) is 4.73. The molecule has 136 valence electrons. The number of anilines is 2. The van der Waals surface area contributed by atoms with Gasteiger partial charge in [0.05, 0.1) is 11.4 Å². The fourth-order valence-corrected chi connectivity index (χ4v) is 4.12. The van der Waals surface area contributed by atoms with Gasteiger partial charge in [-0.15, -0.1) is 11.3 Å². The lowest BCUT2D eigenvalue weighted by molar-refractivity contribution is -0.119. The average molecular weight is 369 g/mol. The molecule has 1 saturated carbocycles. The van der Waals surface area contributed by atoms with Gasteiger partial charge in [-0.3, -0.25) is 14.5 Å². The molecule has 2 aromatic rings. The lowest BCUT2D eigenvalue weighted by Gasteiger charge is -2.18. The first-order valence-electron chi connectivity index (χ1n) is 9.09. The average Bonchev–Trinajstić information content (AvgIpc) is 3.10. The molecule has 1 aliphatic rings. The second-order valence-corrected chi connectivity index (χ2v) is 7.65. The van der Waals surface area contributed by atoms with E-state index in [9.17, 15) is 9.59 Å². The van der Waals surface area contributed by atoms with E-state index in [1.54, 1.807) is 17.1 Å². The minimum atomic E-state index is -0.0861. The molecular weight excluding hydrogens is 344 g/mol. The van der Waals surface area contributed by atoms with E-state index < -0.39 is 0 Å². The summed E-state index contributed by atoms with van der Waals surface area (Å²) >= 11 is 1.40. The van der Waals surface area contributed by atoms with E-state index >= 15 is 0 Å². The Labute approximate surface area is 158 Å². The molecule has 1 fully saturated rings. The molecule has 1 aliphatic carbocycles. The Morgan fingerprint density at radius 1 is 1.15 bits per heavy atom. The van der Waals surface area contributed by atoms with Crippen molar-refractivity contribution in [1.29, 1.82) is 0 Å². The van der Waals surface area contributed by atoms with Crippen LogP contribution in [0.2, 0.25) is 0 Å². The predicted octanol–water partition coefficient (Wildman–Crippen LogP) is 5.30. The number of benzene rings is 1. The van der Waals surface area contributed by atoms with E-state index in [2.05, 4.69) is 4.98 Å². The van der Waals surface area contributed by atoms with Gasteiger partial charge in [-0.2, -0.15) is 0 Å². The van der Waals surface area contributed by atoms with Crippen molar-refractivity contribution >= 4 is 39.9 Å². The van der Waals surface area contributed by atoms with Crippen molar-refractivity contribution < 1.29 is 9.59 Å². The molecule has 0 radical (unpaired) electrons. The summed E-state index contributed by atoms with van der Waals surface area (Å²) in [6, 6.07) is 7.78. The summed E-state index contributed by atoms with van der Waals surface area (Å²) in [6.45, 7) is 3.54. The van der Waals surface area contributed by atoms with Crippen molar-refractivity contribution in [3.8, 4) is 0 Å². The molecule has 3 rings (SSSR count). The molecule has 4 nitrogen and oxygen atoms in total. The van der Waals surface area contributed by atoms with Gasteiger partial charge >= 0.3 is 0 Å². The number of allylic oxidation sites excluding steroid dienone is 1. The van der Waals surface area contributed by atoms with Gasteiger partial charge in [0.15, 0.2) is 10.9 Å². The number of hydrogen-bond acceptors (Lipinski definition) is 4. The van der Waals surface area contributed by atoms with Gasteiger partial charge in [0.1, 0.15) is 0 Å². The molecule has 0 bridgehead atoms. The summed E-state index contributed by atoms with van der Waals surface area (Å²) in [5, 5.41) is 2.50. The number of hydrogen-bond donors (Lipinski definition) is 0. The van der Waals surface area contributed by atoms with Gasteiger partial charge in [-0.1, -0.05) is 37.0 Å². The van der Waals surface area contributed by atoms with Crippen LogP contribution in [0.4, 0.5) is 10.8 Å². The zero-order chi connectivity index (χ0) is 18.5. The molecule has 0 N–H and O–H groups in total. The van der Waals surface area contributed by atoms with Crippen LogP contribution in [0.1, 0.15) is 50.3 Å². The van der Waals surface area contributed by atoms with Crippen LogP contribution in [-0.4, -0.2) is 16.7 Å². The van der Waals surface area contributed by atoms with Crippen molar-refractivity contribution in [3.63, 3.8) is 0 Å². The van der Waals surface area contributed by atoms with Gasteiger partial charge in [-0.05, 0) is 44.1 Å². The Morgan fingerprint density at radius 3 is 2.50 bits per heavy atom. The molecule has 1 heterocycles. The van der Waals surface area contributed by atoms with Gasteiger partial charge < -0.3 is 0 Å². The van der Waals surface area contributed by atoms with Crippen LogP contribution in [0.5, 0.6) is 0 Å². The summed E-state index contributed by atoms with van der Waals surface area (Å²) in [4.78, 5) is 30.6. The molecule has 0 saturated heterocycles. The Hall–Kier alpha value is -2.27. The largest absolute Gasteiger partial charge is 0.295 e. The Bertz CT molecular complexity index is 802. The number of ketones is 1. The zero-order valence-corrected chi connectivity index (χ0v) is 16.1. The number of aromatic nitrogens is 1. The molecule has 0 unspecified atom stereocenters. The Kier molecular flexibility index (Phi) is 5.99. The SMILES string of the molecule is CC(=O)N(c1ccc(C)cc1)c1nc(/C=C/C(=O)C2CCCCC2)cs1. The highest BCUT2D eigenvalue weighted by atomic mass is 32.1. The van der Waals surface area contributed by atoms with Crippen molar-refractivity contribution in [2.24, 2.45) is 5.92 Å². The monoisotopic (exact) mass is 368 g/mol. The maximum absolute atomic E-state index is 12.3. The van der Waals surface area contributed by atoms with E-state index in [1.807, 2.05) is 36.6 Å². The minimum absolute atomic E-state index is 0.0861. The summed E-state index contributed by atoms with van der Waals surface area (Å²) in [6.07, 6.45) is 8.95. The smallest absolute Gasteiger partial charge is 0.230 e. The maximum Gasteiger partial charge on any atom is 0.230 e. The normalized spacial score (nSPS) is 15.3. The van der Waals surface area contributed by atoms with Crippen molar-refractivity contribution in [2.45, 2.75) is 46.0 Å². The molecule has 1 amide bonds. The number of amides is 1.